The normalized spacial score (nSPS) is 12.1. The van der Waals surface area contributed by atoms with Gasteiger partial charge in [-0.05, 0) is 13.0 Å². The molecule has 7 heteroatoms. The first-order chi connectivity index (χ1) is 6.84. The van der Waals surface area contributed by atoms with Gasteiger partial charge in [0.2, 0.25) is 0 Å². The van der Waals surface area contributed by atoms with Crippen LogP contribution in [0.3, 0.4) is 0 Å². The summed E-state index contributed by atoms with van der Waals surface area (Å²) in [6.45, 7) is 1.17. The van der Waals surface area contributed by atoms with Crippen molar-refractivity contribution < 1.29 is 34.4 Å². The average molecular weight is 216 g/mol. The van der Waals surface area contributed by atoms with E-state index in [-0.39, 0.29) is 5.57 Å². The van der Waals surface area contributed by atoms with Crippen molar-refractivity contribution in [1.82, 2.24) is 0 Å². The van der Waals surface area contributed by atoms with Crippen molar-refractivity contribution in [2.24, 2.45) is 0 Å². The first-order valence-corrected chi connectivity index (χ1v) is 3.59. The van der Waals surface area contributed by atoms with Crippen LogP contribution in [0.15, 0.2) is 23.5 Å². The smallest absolute Gasteiger partial charge is 0.478 e. The zero-order chi connectivity index (χ0) is 12.0. The summed E-state index contributed by atoms with van der Waals surface area (Å²) in [4.78, 5) is 30.8. The van der Waals surface area contributed by atoms with Crippen molar-refractivity contribution in [1.29, 1.82) is 0 Å². The lowest BCUT2D eigenvalue weighted by atomic mass is 10.2. The minimum Gasteiger partial charge on any atom is -0.478 e. The van der Waals surface area contributed by atoms with E-state index in [1.54, 1.807) is 0 Å². The summed E-state index contributed by atoms with van der Waals surface area (Å²) in [5, 5.41) is 25.1. The summed E-state index contributed by atoms with van der Waals surface area (Å²) in [5.41, 5.74) is -0.824. The predicted molar refractivity (Wildman–Crippen MR) is 46.2 cm³/mol. The van der Waals surface area contributed by atoms with Crippen LogP contribution in [0.2, 0.25) is 0 Å². The third-order valence-electron chi connectivity index (χ3n) is 1.24. The molecule has 0 aliphatic carbocycles. The lowest BCUT2D eigenvalue weighted by Crippen LogP contribution is -2.04. The maximum atomic E-state index is 10.5. The Hall–Kier alpha value is -2.31. The number of ether oxygens (including phenoxy) is 1. The van der Waals surface area contributed by atoms with Crippen LogP contribution in [-0.2, 0) is 14.3 Å². The zero-order valence-corrected chi connectivity index (χ0v) is 7.63. The molecule has 0 radical (unpaired) electrons. The second-order valence-electron chi connectivity index (χ2n) is 2.39. The summed E-state index contributed by atoms with van der Waals surface area (Å²) in [7, 11) is 0. The number of carboxylic acids is 2. The summed E-state index contributed by atoms with van der Waals surface area (Å²) >= 11 is 0. The van der Waals surface area contributed by atoms with Gasteiger partial charge in [-0.2, -0.15) is 0 Å². The average Bonchev–Trinajstić information content (AvgIpc) is 2.10. The minimum absolute atomic E-state index is 0.252. The van der Waals surface area contributed by atoms with Gasteiger partial charge < -0.3 is 20.1 Å². The molecule has 0 aliphatic heterocycles. The Morgan fingerprint density at radius 2 is 1.60 bits per heavy atom. The molecule has 0 bridgehead atoms. The lowest BCUT2D eigenvalue weighted by molar-refractivity contribution is -0.132. The Labute approximate surface area is 83.9 Å². The molecular formula is C8H8O7. The Morgan fingerprint density at radius 1 is 1.07 bits per heavy atom. The van der Waals surface area contributed by atoms with Crippen LogP contribution in [-0.4, -0.2) is 33.4 Å². The van der Waals surface area contributed by atoms with Crippen molar-refractivity contribution in [2.45, 2.75) is 6.92 Å². The molecule has 0 aromatic heterocycles. The molecule has 0 aromatic carbocycles. The number of hydrogen-bond acceptors (Lipinski definition) is 4. The van der Waals surface area contributed by atoms with Crippen LogP contribution in [0, 0.1) is 0 Å². The van der Waals surface area contributed by atoms with E-state index in [4.69, 9.17) is 15.3 Å². The van der Waals surface area contributed by atoms with E-state index in [1.165, 1.54) is 6.92 Å². The van der Waals surface area contributed by atoms with Crippen LogP contribution in [0.5, 0.6) is 0 Å². The second-order valence-corrected chi connectivity index (χ2v) is 2.39. The second kappa shape index (κ2) is 5.43. The molecule has 15 heavy (non-hydrogen) atoms. The molecule has 0 spiro atoms. The lowest BCUT2D eigenvalue weighted by Gasteiger charge is -1.96. The summed E-state index contributed by atoms with van der Waals surface area (Å²) in [5.74, 6) is -2.80. The Balaban J connectivity index is 4.92. The van der Waals surface area contributed by atoms with Crippen LogP contribution in [0.4, 0.5) is 4.79 Å². The van der Waals surface area contributed by atoms with Gasteiger partial charge in [0.1, 0.15) is 6.26 Å². The fourth-order valence-electron chi connectivity index (χ4n) is 0.555. The zero-order valence-electron chi connectivity index (χ0n) is 7.63. The largest absolute Gasteiger partial charge is 0.510 e. The van der Waals surface area contributed by atoms with E-state index in [1.807, 2.05) is 0 Å². The monoisotopic (exact) mass is 216 g/mol. The topological polar surface area (TPSA) is 121 Å². The molecule has 0 aliphatic rings. The molecule has 0 fully saturated rings. The van der Waals surface area contributed by atoms with Crippen LogP contribution in [0.25, 0.3) is 0 Å². The molecule has 0 saturated heterocycles. The highest BCUT2D eigenvalue weighted by Crippen LogP contribution is 2.03. The standard InChI is InChI=1S/C8H8O7/c1-4(6(9)10)2-5(7(11)12)3-15-8(13)14/h2-3H,1H3,(H,9,10)(H,11,12)(H,13,14). The Morgan fingerprint density at radius 3 is 1.93 bits per heavy atom. The molecule has 0 aromatic rings. The molecule has 82 valence electrons. The van der Waals surface area contributed by atoms with Crippen molar-refractivity contribution in [3.63, 3.8) is 0 Å². The van der Waals surface area contributed by atoms with Gasteiger partial charge in [0.25, 0.3) is 0 Å². The van der Waals surface area contributed by atoms with Crippen molar-refractivity contribution in [3.8, 4) is 0 Å². The van der Waals surface area contributed by atoms with E-state index >= 15 is 0 Å². The highest BCUT2D eigenvalue weighted by atomic mass is 16.7. The Kier molecular flexibility index (Phi) is 4.59. The number of aliphatic carboxylic acids is 2. The van der Waals surface area contributed by atoms with Crippen LogP contribution < -0.4 is 0 Å². The number of carbonyl (C=O) groups is 3. The van der Waals surface area contributed by atoms with Gasteiger partial charge >= 0.3 is 18.1 Å². The first-order valence-electron chi connectivity index (χ1n) is 3.59. The third kappa shape index (κ3) is 5.09. The highest BCUT2D eigenvalue weighted by Gasteiger charge is 2.09. The fraction of sp³-hybridized carbons (Fsp3) is 0.125. The maximum Gasteiger partial charge on any atom is 0.510 e. The first kappa shape index (κ1) is 12.7. The van der Waals surface area contributed by atoms with Gasteiger partial charge in [-0.25, -0.2) is 14.4 Å². The predicted octanol–water partition coefficient (Wildman–Crippen LogP) is 0.680. The minimum atomic E-state index is -1.69. The van der Waals surface area contributed by atoms with Gasteiger partial charge in [-0.1, -0.05) is 0 Å². The summed E-state index contributed by atoms with van der Waals surface area (Å²) < 4.78 is 3.88. The molecule has 0 rings (SSSR count). The molecule has 3 N–H and O–H groups in total. The van der Waals surface area contributed by atoms with Gasteiger partial charge in [-0.3, -0.25) is 0 Å². The van der Waals surface area contributed by atoms with Crippen LogP contribution >= 0.6 is 0 Å². The fourth-order valence-corrected chi connectivity index (χ4v) is 0.555. The van der Waals surface area contributed by atoms with Gasteiger partial charge in [0.15, 0.2) is 0 Å². The van der Waals surface area contributed by atoms with Gasteiger partial charge in [0, 0.05) is 5.57 Å². The molecule has 7 nitrogen and oxygen atoms in total. The maximum absolute atomic E-state index is 10.5. The summed E-state index contributed by atoms with van der Waals surface area (Å²) in [6, 6.07) is 0. The number of rotatable bonds is 4. The third-order valence-corrected chi connectivity index (χ3v) is 1.24. The van der Waals surface area contributed by atoms with E-state index in [2.05, 4.69) is 4.74 Å². The molecule has 0 amide bonds. The molecule has 0 saturated carbocycles. The van der Waals surface area contributed by atoms with Crippen molar-refractivity contribution in [2.75, 3.05) is 0 Å². The number of carboxylic acid groups (broad SMARTS) is 3. The Bertz CT molecular complexity index is 350. The van der Waals surface area contributed by atoms with Crippen molar-refractivity contribution >= 4 is 18.1 Å². The SMILES string of the molecule is CC(=CC(=COC(=O)O)C(=O)O)C(=O)O. The van der Waals surface area contributed by atoms with Gasteiger partial charge in [-0.15, -0.1) is 0 Å². The summed E-state index contributed by atoms with van der Waals surface area (Å²) in [6.07, 6.45) is -0.458. The molecule has 0 atom stereocenters. The molecular weight excluding hydrogens is 208 g/mol. The van der Waals surface area contributed by atoms with Gasteiger partial charge in [0.05, 0.1) is 5.57 Å². The number of hydrogen-bond donors (Lipinski definition) is 3. The quantitative estimate of drug-likeness (QED) is 0.273. The molecule has 0 unspecified atom stereocenters. The van der Waals surface area contributed by atoms with E-state index in [0.717, 1.165) is 6.08 Å². The highest BCUT2D eigenvalue weighted by molar-refractivity contribution is 5.94. The van der Waals surface area contributed by atoms with Crippen LogP contribution in [0.1, 0.15) is 6.92 Å². The molecule has 0 heterocycles. The van der Waals surface area contributed by atoms with Crippen molar-refractivity contribution in [3.05, 3.63) is 23.5 Å². The van der Waals surface area contributed by atoms with E-state index < -0.39 is 23.7 Å². The van der Waals surface area contributed by atoms with E-state index in [0.29, 0.717) is 6.26 Å². The van der Waals surface area contributed by atoms with E-state index in [9.17, 15) is 14.4 Å².